The minimum atomic E-state index is -0.928. The number of carbonyl (C=O) groups excluding carboxylic acids is 1. The molecule has 0 aliphatic heterocycles. The van der Waals surface area contributed by atoms with Crippen LogP contribution < -0.4 is 5.32 Å². The van der Waals surface area contributed by atoms with Crippen LogP contribution in [0.4, 0.5) is 5.69 Å². The van der Waals surface area contributed by atoms with Gasteiger partial charge in [0.1, 0.15) is 5.41 Å². The molecule has 0 saturated heterocycles. The van der Waals surface area contributed by atoms with E-state index in [0.29, 0.717) is 33.9 Å². The van der Waals surface area contributed by atoms with Gasteiger partial charge in [0.15, 0.2) is 0 Å². The summed E-state index contributed by atoms with van der Waals surface area (Å²) in [7, 11) is 0. The molecule has 0 bridgehead atoms. The van der Waals surface area contributed by atoms with Gasteiger partial charge in [0.05, 0.1) is 21.8 Å². The summed E-state index contributed by atoms with van der Waals surface area (Å²) >= 11 is 15.3. The maximum atomic E-state index is 12.2. The van der Waals surface area contributed by atoms with E-state index in [1.54, 1.807) is 12.1 Å². The van der Waals surface area contributed by atoms with Gasteiger partial charge in [-0.3, -0.25) is 4.79 Å². The number of nitrogens with one attached hydrogen (secondary N) is 1. The fourth-order valence-electron chi connectivity index (χ4n) is 2.32. The number of nitrogens with zero attached hydrogens (tertiary/aromatic N) is 1. The fourth-order valence-corrected chi connectivity index (χ4v) is 3.14. The predicted molar refractivity (Wildman–Crippen MR) is 79.2 cm³/mol. The molecule has 0 radical (unpaired) electrons. The topological polar surface area (TPSA) is 52.9 Å². The maximum Gasteiger partial charge on any atom is 0.244 e. The van der Waals surface area contributed by atoms with Gasteiger partial charge in [-0.05, 0) is 46.8 Å². The molecule has 1 aliphatic carbocycles. The Kier molecular flexibility index (Phi) is 4.10. The molecule has 0 atom stereocenters. The third-order valence-corrected chi connectivity index (χ3v) is 5.10. The highest BCUT2D eigenvalue weighted by atomic mass is 79.9. The van der Waals surface area contributed by atoms with Crippen LogP contribution in [0.3, 0.4) is 0 Å². The zero-order valence-electron chi connectivity index (χ0n) is 10.1. The Balaban J connectivity index is 2.21. The molecule has 1 saturated carbocycles. The SMILES string of the molecule is CC1CC(C#N)(C(=O)Nc2ccc(Br)c(Cl)c2Cl)C1. The minimum absolute atomic E-state index is 0.268. The molecule has 0 spiro atoms. The zero-order valence-corrected chi connectivity index (χ0v) is 13.2. The number of rotatable bonds is 2. The quantitative estimate of drug-likeness (QED) is 0.780. The molecule has 1 aliphatic rings. The highest BCUT2D eigenvalue weighted by Gasteiger charge is 2.49. The van der Waals surface area contributed by atoms with Crippen molar-refractivity contribution in [3.8, 4) is 6.07 Å². The molecule has 19 heavy (non-hydrogen) atoms. The van der Waals surface area contributed by atoms with Crippen LogP contribution in [0.1, 0.15) is 19.8 Å². The largest absolute Gasteiger partial charge is 0.323 e. The minimum Gasteiger partial charge on any atom is -0.323 e. The summed E-state index contributed by atoms with van der Waals surface area (Å²) in [5, 5.41) is 12.5. The molecule has 1 aromatic carbocycles. The number of amides is 1. The lowest BCUT2D eigenvalue weighted by Crippen LogP contribution is -2.45. The second-order valence-corrected chi connectivity index (χ2v) is 6.49. The first-order chi connectivity index (χ1) is 8.89. The van der Waals surface area contributed by atoms with Crippen LogP contribution in [-0.4, -0.2) is 5.91 Å². The Morgan fingerprint density at radius 1 is 1.47 bits per heavy atom. The van der Waals surface area contributed by atoms with Gasteiger partial charge in [0.2, 0.25) is 5.91 Å². The summed E-state index contributed by atoms with van der Waals surface area (Å²) in [6.07, 6.45) is 1.16. The van der Waals surface area contributed by atoms with Crippen LogP contribution in [-0.2, 0) is 4.79 Å². The number of carbonyl (C=O) groups is 1. The summed E-state index contributed by atoms with van der Waals surface area (Å²) in [6, 6.07) is 5.47. The molecule has 1 amide bonds. The Morgan fingerprint density at radius 2 is 2.11 bits per heavy atom. The van der Waals surface area contributed by atoms with Crippen molar-refractivity contribution < 1.29 is 4.79 Å². The van der Waals surface area contributed by atoms with Crippen LogP contribution in [0.15, 0.2) is 16.6 Å². The Morgan fingerprint density at radius 3 is 2.63 bits per heavy atom. The van der Waals surface area contributed by atoms with Crippen LogP contribution in [0.25, 0.3) is 0 Å². The Hall–Kier alpha value is -0.760. The number of anilines is 1. The second kappa shape index (κ2) is 5.32. The average Bonchev–Trinajstić information content (AvgIpc) is 2.35. The lowest BCUT2D eigenvalue weighted by atomic mass is 9.63. The van der Waals surface area contributed by atoms with Gasteiger partial charge in [-0.1, -0.05) is 30.1 Å². The summed E-state index contributed by atoms with van der Waals surface area (Å²) in [4.78, 5) is 12.2. The lowest BCUT2D eigenvalue weighted by molar-refractivity contribution is -0.128. The van der Waals surface area contributed by atoms with Crippen LogP contribution in [0.2, 0.25) is 10.0 Å². The van der Waals surface area contributed by atoms with Crippen molar-refractivity contribution in [2.45, 2.75) is 19.8 Å². The van der Waals surface area contributed by atoms with Gasteiger partial charge < -0.3 is 5.32 Å². The Labute approximate surface area is 130 Å². The number of hydrogen-bond acceptors (Lipinski definition) is 2. The smallest absolute Gasteiger partial charge is 0.244 e. The summed E-state index contributed by atoms with van der Waals surface area (Å²) in [6.45, 7) is 2.02. The summed E-state index contributed by atoms with van der Waals surface area (Å²) in [5.74, 6) is 0.0859. The molecule has 2 rings (SSSR count). The van der Waals surface area contributed by atoms with Gasteiger partial charge in [0, 0.05) is 4.47 Å². The van der Waals surface area contributed by atoms with E-state index in [9.17, 15) is 10.1 Å². The van der Waals surface area contributed by atoms with E-state index in [1.165, 1.54) is 0 Å². The number of nitriles is 1. The third kappa shape index (κ3) is 2.60. The zero-order chi connectivity index (χ0) is 14.2. The van der Waals surface area contributed by atoms with E-state index in [0.717, 1.165) is 0 Å². The van der Waals surface area contributed by atoms with Crippen molar-refractivity contribution in [2.24, 2.45) is 11.3 Å². The molecule has 6 heteroatoms. The molecule has 0 aromatic heterocycles. The molecule has 1 aromatic rings. The van der Waals surface area contributed by atoms with Crippen molar-refractivity contribution in [1.29, 1.82) is 5.26 Å². The van der Waals surface area contributed by atoms with E-state index in [1.807, 2.05) is 6.92 Å². The average molecular weight is 362 g/mol. The van der Waals surface area contributed by atoms with Crippen LogP contribution in [0.5, 0.6) is 0 Å². The first-order valence-electron chi connectivity index (χ1n) is 5.76. The Bertz CT molecular complexity index is 577. The monoisotopic (exact) mass is 360 g/mol. The van der Waals surface area contributed by atoms with Gasteiger partial charge in [-0.15, -0.1) is 0 Å². The van der Waals surface area contributed by atoms with Crippen molar-refractivity contribution >= 4 is 50.7 Å². The van der Waals surface area contributed by atoms with Crippen molar-refractivity contribution in [2.75, 3.05) is 5.32 Å². The summed E-state index contributed by atoms with van der Waals surface area (Å²) in [5.41, 5.74) is -0.503. The molecule has 0 heterocycles. The van der Waals surface area contributed by atoms with E-state index in [4.69, 9.17) is 23.2 Å². The number of benzene rings is 1. The highest BCUT2D eigenvalue weighted by molar-refractivity contribution is 9.10. The van der Waals surface area contributed by atoms with Crippen molar-refractivity contribution in [1.82, 2.24) is 0 Å². The molecule has 3 nitrogen and oxygen atoms in total. The first-order valence-corrected chi connectivity index (χ1v) is 7.31. The van der Waals surface area contributed by atoms with E-state index in [-0.39, 0.29) is 10.9 Å². The fraction of sp³-hybridized carbons (Fsp3) is 0.385. The number of hydrogen-bond donors (Lipinski definition) is 1. The van der Waals surface area contributed by atoms with Crippen molar-refractivity contribution in [3.05, 3.63) is 26.7 Å². The normalized spacial score (nSPS) is 25.3. The molecule has 100 valence electrons. The van der Waals surface area contributed by atoms with Crippen LogP contribution >= 0.6 is 39.1 Å². The van der Waals surface area contributed by atoms with Crippen LogP contribution in [0, 0.1) is 22.7 Å². The van der Waals surface area contributed by atoms with E-state index >= 15 is 0 Å². The van der Waals surface area contributed by atoms with E-state index in [2.05, 4.69) is 27.3 Å². The maximum absolute atomic E-state index is 12.2. The van der Waals surface area contributed by atoms with Gasteiger partial charge in [-0.25, -0.2) is 0 Å². The molecule has 1 fully saturated rings. The van der Waals surface area contributed by atoms with Gasteiger partial charge in [0.25, 0.3) is 0 Å². The highest BCUT2D eigenvalue weighted by Crippen LogP contribution is 2.46. The lowest BCUT2D eigenvalue weighted by Gasteiger charge is -2.39. The molecular weight excluding hydrogens is 351 g/mol. The summed E-state index contributed by atoms with van der Waals surface area (Å²) < 4.78 is 0.657. The second-order valence-electron chi connectivity index (χ2n) is 4.88. The first kappa shape index (κ1) is 14.6. The predicted octanol–water partition coefficient (Wildman–Crippen LogP) is 4.63. The van der Waals surface area contributed by atoms with Gasteiger partial charge in [-0.2, -0.15) is 5.26 Å². The van der Waals surface area contributed by atoms with Gasteiger partial charge >= 0.3 is 0 Å². The standard InChI is InChI=1S/C13H11BrCl2N2O/c1-7-4-13(5-7,6-17)12(19)18-9-3-2-8(14)10(15)11(9)16/h2-3,7H,4-5H2,1H3,(H,18,19). The molecule has 0 unspecified atom stereocenters. The van der Waals surface area contributed by atoms with E-state index < -0.39 is 5.41 Å². The molecule has 1 N–H and O–H groups in total. The van der Waals surface area contributed by atoms with Crippen molar-refractivity contribution in [3.63, 3.8) is 0 Å². The third-order valence-electron chi connectivity index (χ3n) is 3.33. The molecular formula is C13H11BrCl2N2O. The number of halogens is 3.